The van der Waals surface area contributed by atoms with Crippen LogP contribution in [0.15, 0.2) is 42.5 Å². The van der Waals surface area contributed by atoms with Crippen molar-refractivity contribution < 1.29 is 9.90 Å². The highest BCUT2D eigenvalue weighted by atomic mass is 35.5. The molecule has 0 unspecified atom stereocenters. The van der Waals surface area contributed by atoms with Gasteiger partial charge in [0.05, 0.1) is 5.56 Å². The first kappa shape index (κ1) is 15.5. The average Bonchev–Trinajstić information content (AvgIpc) is 2.43. The van der Waals surface area contributed by atoms with Crippen LogP contribution < -0.4 is 0 Å². The number of phenolic OH excluding ortho intramolecular Hbond substituents is 1. The van der Waals surface area contributed by atoms with Crippen molar-refractivity contribution in [1.82, 2.24) is 4.90 Å². The van der Waals surface area contributed by atoms with E-state index in [4.69, 9.17) is 11.6 Å². The number of carbonyl (C=O) groups is 1. The largest absolute Gasteiger partial charge is 0.507 e. The van der Waals surface area contributed by atoms with Gasteiger partial charge in [0, 0.05) is 23.7 Å². The molecular weight excluding hydrogens is 286 g/mol. The molecule has 0 saturated heterocycles. The number of benzene rings is 2. The summed E-state index contributed by atoms with van der Waals surface area (Å²) in [5, 5.41) is 10.7. The molecule has 0 aliphatic heterocycles. The third-order valence-electron chi connectivity index (χ3n) is 3.27. The van der Waals surface area contributed by atoms with Crippen molar-refractivity contribution in [2.45, 2.75) is 20.0 Å². The van der Waals surface area contributed by atoms with Crippen molar-refractivity contribution >= 4 is 17.4 Å². The van der Waals surface area contributed by atoms with Gasteiger partial charge in [-0.1, -0.05) is 41.9 Å². The molecule has 0 saturated carbocycles. The summed E-state index contributed by atoms with van der Waals surface area (Å²) in [6.45, 7) is 2.69. The van der Waals surface area contributed by atoms with Crippen molar-refractivity contribution in [2.24, 2.45) is 0 Å². The minimum atomic E-state index is -0.193. The van der Waals surface area contributed by atoms with Crippen LogP contribution in [0.2, 0.25) is 5.02 Å². The van der Waals surface area contributed by atoms with Gasteiger partial charge in [-0.05, 0) is 31.7 Å². The van der Waals surface area contributed by atoms with E-state index < -0.39 is 0 Å². The van der Waals surface area contributed by atoms with Crippen LogP contribution in [0.4, 0.5) is 0 Å². The molecule has 3 nitrogen and oxygen atoms in total. The smallest absolute Gasteiger partial charge is 0.163 e. The summed E-state index contributed by atoms with van der Waals surface area (Å²) in [4.78, 5) is 13.6. The molecule has 0 aliphatic carbocycles. The third kappa shape index (κ3) is 4.06. The maximum absolute atomic E-state index is 11.5. The number of aromatic hydroxyl groups is 1. The topological polar surface area (TPSA) is 40.5 Å². The van der Waals surface area contributed by atoms with Gasteiger partial charge >= 0.3 is 0 Å². The van der Waals surface area contributed by atoms with Gasteiger partial charge in [0.1, 0.15) is 5.75 Å². The molecule has 2 rings (SSSR count). The Morgan fingerprint density at radius 2 is 1.86 bits per heavy atom. The Balaban J connectivity index is 2.17. The lowest BCUT2D eigenvalue weighted by Crippen LogP contribution is -2.17. The first-order valence-electron chi connectivity index (χ1n) is 6.72. The van der Waals surface area contributed by atoms with Gasteiger partial charge < -0.3 is 5.11 Å². The van der Waals surface area contributed by atoms with Crippen molar-refractivity contribution in [2.75, 3.05) is 7.05 Å². The van der Waals surface area contributed by atoms with Gasteiger partial charge in [0.15, 0.2) is 5.78 Å². The first-order valence-corrected chi connectivity index (χ1v) is 7.10. The number of hydrogen-bond donors (Lipinski definition) is 1. The molecule has 2 aromatic rings. The van der Waals surface area contributed by atoms with Gasteiger partial charge in [-0.15, -0.1) is 0 Å². The van der Waals surface area contributed by atoms with E-state index in [1.807, 2.05) is 25.2 Å². The summed E-state index contributed by atoms with van der Waals surface area (Å²) >= 11 is 6.03. The highest BCUT2D eigenvalue weighted by molar-refractivity contribution is 6.31. The number of phenols is 1. The van der Waals surface area contributed by atoms with Gasteiger partial charge in [-0.3, -0.25) is 9.69 Å². The molecule has 2 aromatic carbocycles. The predicted molar refractivity (Wildman–Crippen MR) is 84.7 cm³/mol. The van der Waals surface area contributed by atoms with Gasteiger partial charge in [-0.2, -0.15) is 0 Å². The van der Waals surface area contributed by atoms with Crippen molar-refractivity contribution in [1.29, 1.82) is 0 Å². The fourth-order valence-corrected chi connectivity index (χ4v) is 2.53. The van der Waals surface area contributed by atoms with Gasteiger partial charge in [-0.25, -0.2) is 0 Å². The molecule has 0 atom stereocenters. The number of ketones is 1. The number of hydrogen-bond acceptors (Lipinski definition) is 3. The maximum atomic E-state index is 11.5. The summed E-state index contributed by atoms with van der Waals surface area (Å²) in [6, 6.07) is 13.3. The highest BCUT2D eigenvalue weighted by Crippen LogP contribution is 2.28. The standard InChI is InChI=1S/C17H18ClNO2/c1-12(20)16-9-15(18)8-14(17(16)21)11-19(2)10-13-6-4-3-5-7-13/h3-9,21H,10-11H2,1-2H3. The monoisotopic (exact) mass is 303 g/mol. The Kier molecular flexibility index (Phi) is 4.99. The van der Waals surface area contributed by atoms with Crippen LogP contribution in [0.3, 0.4) is 0 Å². The Morgan fingerprint density at radius 1 is 1.19 bits per heavy atom. The van der Waals surface area contributed by atoms with E-state index >= 15 is 0 Å². The lowest BCUT2D eigenvalue weighted by Gasteiger charge is -2.18. The first-order chi connectivity index (χ1) is 9.97. The van der Waals surface area contributed by atoms with Crippen molar-refractivity contribution in [3.8, 4) is 5.75 Å². The van der Waals surface area contributed by atoms with Crippen LogP contribution in [-0.2, 0) is 13.1 Å². The lowest BCUT2D eigenvalue weighted by atomic mass is 10.1. The summed E-state index contributed by atoms with van der Waals surface area (Å²) in [5.74, 6) is -0.172. The molecule has 4 heteroatoms. The van der Waals surface area contributed by atoms with Crippen LogP contribution in [0.5, 0.6) is 5.75 Å². The molecule has 0 heterocycles. The van der Waals surface area contributed by atoms with Crippen LogP contribution >= 0.6 is 11.6 Å². The molecule has 0 aliphatic rings. The molecule has 0 spiro atoms. The van der Waals surface area contributed by atoms with E-state index in [1.54, 1.807) is 6.07 Å². The number of carbonyl (C=O) groups excluding carboxylic acids is 1. The van der Waals surface area contributed by atoms with Crippen LogP contribution in [-0.4, -0.2) is 22.8 Å². The lowest BCUT2D eigenvalue weighted by molar-refractivity contribution is 0.101. The Bertz CT molecular complexity index is 641. The van der Waals surface area contributed by atoms with Crippen LogP contribution in [0, 0.1) is 0 Å². The summed E-state index contributed by atoms with van der Waals surface area (Å²) in [5.41, 5.74) is 2.12. The predicted octanol–water partition coefficient (Wildman–Crippen LogP) is 3.88. The zero-order chi connectivity index (χ0) is 15.4. The number of nitrogens with zero attached hydrogens (tertiary/aromatic N) is 1. The molecule has 1 N–H and O–H groups in total. The fraction of sp³-hybridized carbons (Fsp3) is 0.235. The number of Topliss-reactive ketones (excluding diaryl/α,β-unsaturated/α-hetero) is 1. The van der Waals surface area contributed by atoms with Gasteiger partial charge in [0.2, 0.25) is 0 Å². The quantitative estimate of drug-likeness (QED) is 0.852. The highest BCUT2D eigenvalue weighted by Gasteiger charge is 2.14. The van der Waals surface area contributed by atoms with Crippen molar-refractivity contribution in [3.05, 3.63) is 64.2 Å². The van der Waals surface area contributed by atoms with E-state index in [0.29, 0.717) is 17.1 Å². The molecule has 0 bridgehead atoms. The van der Waals surface area contributed by atoms with E-state index in [1.165, 1.54) is 18.6 Å². The molecule has 0 radical (unpaired) electrons. The Hall–Kier alpha value is -1.84. The summed E-state index contributed by atoms with van der Waals surface area (Å²) in [7, 11) is 1.96. The van der Waals surface area contributed by atoms with Crippen LogP contribution in [0.1, 0.15) is 28.4 Å². The number of halogens is 1. The minimum Gasteiger partial charge on any atom is -0.507 e. The number of rotatable bonds is 5. The average molecular weight is 304 g/mol. The van der Waals surface area contributed by atoms with Crippen molar-refractivity contribution in [3.63, 3.8) is 0 Å². The molecular formula is C17H18ClNO2. The molecule has 21 heavy (non-hydrogen) atoms. The zero-order valence-corrected chi connectivity index (χ0v) is 12.9. The van der Waals surface area contributed by atoms with E-state index in [2.05, 4.69) is 17.0 Å². The second-order valence-corrected chi connectivity index (χ2v) is 5.61. The SMILES string of the molecule is CC(=O)c1cc(Cl)cc(CN(C)Cc2ccccc2)c1O. The molecule has 0 aromatic heterocycles. The third-order valence-corrected chi connectivity index (χ3v) is 3.49. The maximum Gasteiger partial charge on any atom is 0.163 e. The van der Waals surface area contributed by atoms with Crippen LogP contribution in [0.25, 0.3) is 0 Å². The van der Waals surface area contributed by atoms with Gasteiger partial charge in [0.25, 0.3) is 0 Å². The Labute approximate surface area is 129 Å². The second-order valence-electron chi connectivity index (χ2n) is 5.18. The summed E-state index contributed by atoms with van der Waals surface area (Å²) < 4.78 is 0. The fourth-order valence-electron chi connectivity index (χ4n) is 2.29. The van der Waals surface area contributed by atoms with E-state index in [9.17, 15) is 9.90 Å². The molecule has 0 fully saturated rings. The molecule has 110 valence electrons. The molecule has 0 amide bonds. The zero-order valence-electron chi connectivity index (χ0n) is 12.1. The summed E-state index contributed by atoms with van der Waals surface area (Å²) in [6.07, 6.45) is 0. The van der Waals surface area contributed by atoms with E-state index in [0.717, 1.165) is 6.54 Å². The van der Waals surface area contributed by atoms with E-state index in [-0.39, 0.29) is 17.1 Å². The minimum absolute atomic E-state index is 0.0202. The Morgan fingerprint density at radius 3 is 2.48 bits per heavy atom. The second kappa shape index (κ2) is 6.74. The normalized spacial score (nSPS) is 10.9.